The lowest BCUT2D eigenvalue weighted by Gasteiger charge is -2.39. The van der Waals surface area contributed by atoms with Crippen molar-refractivity contribution in [3.8, 4) is 0 Å². The molecule has 0 radical (unpaired) electrons. The van der Waals surface area contributed by atoms with Gasteiger partial charge in [-0.15, -0.1) is 0 Å². The van der Waals surface area contributed by atoms with Crippen LogP contribution in [-0.4, -0.2) is 13.2 Å². The lowest BCUT2D eigenvalue weighted by Crippen LogP contribution is -2.29. The Hall–Kier alpha value is -0.0400. The van der Waals surface area contributed by atoms with Gasteiger partial charge in [0.25, 0.3) is 0 Å². The molecule has 0 aromatic heterocycles. The van der Waals surface area contributed by atoms with E-state index in [-0.39, 0.29) is 0 Å². The summed E-state index contributed by atoms with van der Waals surface area (Å²) in [5, 5.41) is 0. The van der Waals surface area contributed by atoms with Gasteiger partial charge in [0.2, 0.25) is 0 Å². The van der Waals surface area contributed by atoms with Crippen LogP contribution in [0.3, 0.4) is 0 Å². The first kappa shape index (κ1) is 21.7. The topological polar surface area (TPSA) is 9.23 Å². The molecule has 27 heavy (non-hydrogen) atoms. The molecular formula is C26H48O. The van der Waals surface area contributed by atoms with E-state index in [9.17, 15) is 0 Å². The minimum atomic E-state index is 0.550. The minimum Gasteiger partial charge on any atom is -0.381 e. The second-order valence-corrected chi connectivity index (χ2v) is 10.7. The lowest BCUT2D eigenvalue weighted by molar-refractivity contribution is 0.0337. The average molecular weight is 377 g/mol. The van der Waals surface area contributed by atoms with Gasteiger partial charge < -0.3 is 4.74 Å². The van der Waals surface area contributed by atoms with Crippen LogP contribution in [-0.2, 0) is 4.74 Å². The van der Waals surface area contributed by atoms with Gasteiger partial charge in [-0.25, -0.2) is 0 Å². The molecule has 0 heterocycles. The van der Waals surface area contributed by atoms with Crippen LogP contribution >= 0.6 is 0 Å². The Bertz CT molecular complexity index is 389. The number of methoxy groups -OCH3 is 1. The molecule has 0 aromatic rings. The summed E-state index contributed by atoms with van der Waals surface area (Å²) in [6, 6.07) is 0. The zero-order valence-corrected chi connectivity index (χ0v) is 18.8. The summed E-state index contributed by atoms with van der Waals surface area (Å²) in [5.74, 6) is 6.11. The molecule has 0 saturated heterocycles. The molecule has 3 rings (SSSR count). The normalized spacial score (nSPS) is 39.2. The zero-order chi connectivity index (χ0) is 19.1. The minimum absolute atomic E-state index is 0.550. The van der Waals surface area contributed by atoms with Gasteiger partial charge in [0, 0.05) is 7.11 Å². The molecule has 0 N–H and O–H groups in total. The standard InChI is InChI=1S/C26H48O/c1-4-5-7-21-10-14-23(15-11-21)24-16-12-22(13-17-24)18-20(2)25-8-6-9-26(19-25)27-3/h20-26H,4-19H2,1-3H3. The van der Waals surface area contributed by atoms with Gasteiger partial charge >= 0.3 is 0 Å². The van der Waals surface area contributed by atoms with Gasteiger partial charge in [-0.2, -0.15) is 0 Å². The average Bonchev–Trinajstić information content (AvgIpc) is 2.73. The van der Waals surface area contributed by atoms with E-state index in [1.807, 2.05) is 7.11 Å². The van der Waals surface area contributed by atoms with Gasteiger partial charge in [0.15, 0.2) is 0 Å². The maximum Gasteiger partial charge on any atom is 0.0574 e. The highest BCUT2D eigenvalue weighted by molar-refractivity contribution is 4.84. The molecule has 3 atom stereocenters. The fraction of sp³-hybridized carbons (Fsp3) is 1.00. The van der Waals surface area contributed by atoms with Crippen LogP contribution in [0.4, 0.5) is 0 Å². The van der Waals surface area contributed by atoms with Crippen molar-refractivity contribution in [2.24, 2.45) is 35.5 Å². The number of hydrogen-bond donors (Lipinski definition) is 0. The summed E-state index contributed by atoms with van der Waals surface area (Å²) in [6.45, 7) is 4.89. The molecule has 0 bridgehead atoms. The first-order valence-corrected chi connectivity index (χ1v) is 12.7. The third-order valence-corrected chi connectivity index (χ3v) is 8.93. The molecule has 0 aliphatic heterocycles. The second-order valence-electron chi connectivity index (χ2n) is 10.7. The van der Waals surface area contributed by atoms with E-state index in [0.29, 0.717) is 6.10 Å². The van der Waals surface area contributed by atoms with Gasteiger partial charge in [0.05, 0.1) is 6.10 Å². The van der Waals surface area contributed by atoms with Crippen molar-refractivity contribution in [2.75, 3.05) is 7.11 Å². The van der Waals surface area contributed by atoms with Gasteiger partial charge in [0.1, 0.15) is 0 Å². The largest absolute Gasteiger partial charge is 0.381 e. The molecule has 3 saturated carbocycles. The molecule has 3 fully saturated rings. The summed E-state index contributed by atoms with van der Waals surface area (Å²) in [5.41, 5.74) is 0. The van der Waals surface area contributed by atoms with Crippen molar-refractivity contribution in [1.82, 2.24) is 0 Å². The van der Waals surface area contributed by atoms with Crippen LogP contribution in [0.1, 0.15) is 117 Å². The van der Waals surface area contributed by atoms with E-state index >= 15 is 0 Å². The van der Waals surface area contributed by atoms with Crippen LogP contribution in [0, 0.1) is 35.5 Å². The van der Waals surface area contributed by atoms with Gasteiger partial charge in [-0.3, -0.25) is 0 Å². The van der Waals surface area contributed by atoms with E-state index in [4.69, 9.17) is 4.74 Å². The monoisotopic (exact) mass is 376 g/mol. The zero-order valence-electron chi connectivity index (χ0n) is 18.8. The maximum absolute atomic E-state index is 5.67. The number of ether oxygens (including phenoxy) is 1. The van der Waals surface area contributed by atoms with Crippen molar-refractivity contribution in [3.05, 3.63) is 0 Å². The molecule has 0 spiro atoms. The van der Waals surface area contributed by atoms with E-state index < -0.39 is 0 Å². The first-order valence-electron chi connectivity index (χ1n) is 12.7. The molecule has 3 aliphatic rings. The van der Waals surface area contributed by atoms with Gasteiger partial charge in [-0.1, -0.05) is 71.6 Å². The Balaban J connectivity index is 1.34. The van der Waals surface area contributed by atoms with Crippen LogP contribution in [0.5, 0.6) is 0 Å². The van der Waals surface area contributed by atoms with Crippen molar-refractivity contribution in [1.29, 1.82) is 0 Å². The van der Waals surface area contributed by atoms with Crippen LogP contribution in [0.15, 0.2) is 0 Å². The van der Waals surface area contributed by atoms with Crippen molar-refractivity contribution in [3.63, 3.8) is 0 Å². The van der Waals surface area contributed by atoms with Crippen molar-refractivity contribution < 1.29 is 4.74 Å². The Labute approximate surface area is 170 Å². The second kappa shape index (κ2) is 11.2. The van der Waals surface area contributed by atoms with E-state index in [1.54, 1.807) is 38.5 Å². The number of hydrogen-bond acceptors (Lipinski definition) is 1. The molecule has 3 unspecified atom stereocenters. The predicted octanol–water partition coefficient (Wildman–Crippen LogP) is 8.02. The highest BCUT2D eigenvalue weighted by Gasteiger charge is 2.33. The summed E-state index contributed by atoms with van der Waals surface area (Å²) in [7, 11) is 1.91. The fourth-order valence-corrected chi connectivity index (χ4v) is 6.97. The molecule has 1 heteroatoms. The maximum atomic E-state index is 5.67. The molecule has 3 aliphatic carbocycles. The third kappa shape index (κ3) is 6.48. The summed E-state index contributed by atoms with van der Waals surface area (Å²) < 4.78 is 5.67. The SMILES string of the molecule is CCCCC1CCC(C2CCC(CC(C)C3CCCC(OC)C3)CC2)CC1. The Morgan fingerprint density at radius 3 is 2.04 bits per heavy atom. The molecule has 0 aromatic carbocycles. The van der Waals surface area contributed by atoms with Gasteiger partial charge in [-0.05, 0) is 80.5 Å². The smallest absolute Gasteiger partial charge is 0.0574 e. The molecule has 0 amide bonds. The molecule has 1 nitrogen and oxygen atoms in total. The Morgan fingerprint density at radius 2 is 1.44 bits per heavy atom. The third-order valence-electron chi connectivity index (χ3n) is 8.93. The lowest BCUT2D eigenvalue weighted by atomic mass is 9.67. The molecule has 158 valence electrons. The predicted molar refractivity (Wildman–Crippen MR) is 117 cm³/mol. The van der Waals surface area contributed by atoms with E-state index in [1.165, 1.54) is 64.2 Å². The highest BCUT2D eigenvalue weighted by Crippen LogP contribution is 2.44. The van der Waals surface area contributed by atoms with Crippen molar-refractivity contribution >= 4 is 0 Å². The Morgan fingerprint density at radius 1 is 0.815 bits per heavy atom. The first-order chi connectivity index (χ1) is 13.2. The van der Waals surface area contributed by atoms with Crippen LogP contribution in [0.2, 0.25) is 0 Å². The summed E-state index contributed by atoms with van der Waals surface area (Å²) in [6.07, 6.45) is 24.2. The Kier molecular flexibility index (Phi) is 9.01. The molecular weight excluding hydrogens is 328 g/mol. The fourth-order valence-electron chi connectivity index (χ4n) is 6.97. The quantitative estimate of drug-likeness (QED) is 0.416. The summed E-state index contributed by atoms with van der Waals surface area (Å²) >= 11 is 0. The summed E-state index contributed by atoms with van der Waals surface area (Å²) in [4.78, 5) is 0. The number of rotatable bonds is 8. The van der Waals surface area contributed by atoms with Crippen LogP contribution in [0.25, 0.3) is 0 Å². The number of unbranched alkanes of at least 4 members (excludes halogenated alkanes) is 1. The van der Waals surface area contributed by atoms with E-state index in [0.717, 1.165) is 35.5 Å². The highest BCUT2D eigenvalue weighted by atomic mass is 16.5. The van der Waals surface area contributed by atoms with E-state index in [2.05, 4.69) is 13.8 Å². The van der Waals surface area contributed by atoms with Crippen LogP contribution < -0.4 is 0 Å². The van der Waals surface area contributed by atoms with Crippen molar-refractivity contribution in [2.45, 2.75) is 123 Å².